The molecule has 3 heterocycles. The van der Waals surface area contributed by atoms with Gasteiger partial charge in [-0.15, -0.1) is 0 Å². The quantitative estimate of drug-likeness (QED) is 0.547. The number of nitrogens with zero attached hydrogens (tertiary/aromatic N) is 4. The van der Waals surface area contributed by atoms with Crippen LogP contribution in [-0.4, -0.2) is 65.6 Å². The molecule has 1 aromatic carbocycles. The van der Waals surface area contributed by atoms with Crippen molar-refractivity contribution >= 4 is 22.6 Å². The Hall–Kier alpha value is -3.67. The van der Waals surface area contributed by atoms with Gasteiger partial charge in [-0.2, -0.15) is 8.78 Å². The molecular formula is C23H25F3N6O3. The van der Waals surface area contributed by atoms with Gasteiger partial charge in [0.15, 0.2) is 11.6 Å². The molecule has 2 N–H and O–H groups in total. The first-order chi connectivity index (χ1) is 16.7. The van der Waals surface area contributed by atoms with Gasteiger partial charge in [-0.3, -0.25) is 14.5 Å². The Balaban J connectivity index is 1.53. The second-order valence-electron chi connectivity index (χ2n) is 8.24. The average Bonchev–Trinajstić information content (AvgIpc) is 2.83. The zero-order valence-corrected chi connectivity index (χ0v) is 19.5. The van der Waals surface area contributed by atoms with E-state index in [0.717, 1.165) is 11.4 Å². The molecule has 1 aliphatic rings. The third-order valence-corrected chi connectivity index (χ3v) is 5.96. The Kier molecular flexibility index (Phi) is 6.92. The molecule has 35 heavy (non-hydrogen) atoms. The number of rotatable bonds is 6. The molecule has 0 saturated carbocycles. The summed E-state index contributed by atoms with van der Waals surface area (Å²) in [5.41, 5.74) is 1.09. The van der Waals surface area contributed by atoms with Crippen LogP contribution in [0.1, 0.15) is 27.4 Å². The maximum absolute atomic E-state index is 15.2. The van der Waals surface area contributed by atoms with Crippen molar-refractivity contribution in [2.45, 2.75) is 27.0 Å². The third-order valence-electron chi connectivity index (χ3n) is 5.96. The summed E-state index contributed by atoms with van der Waals surface area (Å²) in [6, 6.07) is 4.73. The molecule has 1 fully saturated rings. The lowest BCUT2D eigenvalue weighted by Gasteiger charge is -2.36. The van der Waals surface area contributed by atoms with E-state index in [9.17, 15) is 18.4 Å². The Bertz CT molecular complexity index is 1320. The van der Waals surface area contributed by atoms with Crippen LogP contribution in [0.5, 0.6) is 5.75 Å². The van der Waals surface area contributed by atoms with Crippen LogP contribution >= 0.6 is 0 Å². The summed E-state index contributed by atoms with van der Waals surface area (Å²) in [6.45, 7) is 2.63. The number of anilines is 1. The number of carbonyl (C=O) groups is 1. The normalized spacial score (nSPS) is 14.5. The van der Waals surface area contributed by atoms with Gasteiger partial charge >= 0.3 is 6.61 Å². The van der Waals surface area contributed by atoms with E-state index in [1.807, 2.05) is 17.9 Å². The second kappa shape index (κ2) is 9.90. The first-order valence-electron chi connectivity index (χ1n) is 11.0. The predicted molar refractivity (Wildman–Crippen MR) is 124 cm³/mol. The number of nitrogens with one attached hydrogen (secondary N) is 2. The van der Waals surface area contributed by atoms with Crippen molar-refractivity contribution in [3.63, 3.8) is 0 Å². The topological polar surface area (TPSA) is 103 Å². The lowest BCUT2D eigenvalue weighted by Crippen LogP contribution is -2.46. The lowest BCUT2D eigenvalue weighted by molar-refractivity contribution is -0.0490. The number of H-pyrrole nitrogens is 1. The molecule has 0 bridgehead atoms. The number of ether oxygens (including phenoxy) is 1. The van der Waals surface area contributed by atoms with Crippen molar-refractivity contribution in [2.24, 2.45) is 0 Å². The first kappa shape index (κ1) is 24.5. The Labute approximate surface area is 198 Å². The number of fused-ring (bicyclic) bond motifs is 1. The number of pyridine rings is 1. The molecule has 4 rings (SSSR count). The second-order valence-corrected chi connectivity index (χ2v) is 8.24. The van der Waals surface area contributed by atoms with Crippen LogP contribution in [0.2, 0.25) is 0 Å². The average molecular weight is 490 g/mol. The van der Waals surface area contributed by atoms with E-state index in [1.165, 1.54) is 13.0 Å². The van der Waals surface area contributed by atoms with Crippen LogP contribution in [0.4, 0.5) is 18.9 Å². The smallest absolute Gasteiger partial charge is 0.387 e. The molecule has 1 aliphatic heterocycles. The summed E-state index contributed by atoms with van der Waals surface area (Å²) in [6.07, 6.45) is 0. The van der Waals surface area contributed by atoms with Crippen molar-refractivity contribution in [3.05, 3.63) is 57.0 Å². The van der Waals surface area contributed by atoms with Crippen LogP contribution in [0.15, 0.2) is 23.0 Å². The van der Waals surface area contributed by atoms with Gasteiger partial charge in [-0.05, 0) is 32.0 Å². The molecule has 3 aromatic rings. The van der Waals surface area contributed by atoms with E-state index < -0.39 is 18.0 Å². The molecule has 0 atom stereocenters. The zero-order valence-electron chi connectivity index (χ0n) is 19.5. The number of aromatic amines is 1. The predicted octanol–water partition coefficient (Wildman–Crippen LogP) is 2.36. The number of aryl methyl sites for hydroxylation is 2. The highest BCUT2D eigenvalue weighted by Gasteiger charge is 2.24. The van der Waals surface area contributed by atoms with Gasteiger partial charge in [0.2, 0.25) is 0 Å². The van der Waals surface area contributed by atoms with Crippen molar-refractivity contribution in [1.82, 2.24) is 25.2 Å². The SMILES string of the molecule is CNC(=O)c1ccc(N2CCN(Cc3cc(OC(F)F)c4nc(C)c(=O)[nH]c4c3F)CC2)c(C)n1. The molecule has 0 aliphatic carbocycles. The number of carbonyl (C=O) groups excluding carboxylic acids is 1. The van der Waals surface area contributed by atoms with E-state index >= 15 is 4.39 Å². The van der Waals surface area contributed by atoms with Crippen LogP contribution in [0.25, 0.3) is 11.0 Å². The molecular weight excluding hydrogens is 465 g/mol. The Morgan fingerprint density at radius 2 is 1.89 bits per heavy atom. The minimum atomic E-state index is -3.12. The number of hydrogen-bond acceptors (Lipinski definition) is 7. The molecule has 0 spiro atoms. The van der Waals surface area contributed by atoms with E-state index in [1.54, 1.807) is 13.1 Å². The summed E-state index contributed by atoms with van der Waals surface area (Å²) in [5.74, 6) is -1.27. The number of amides is 1. The fraction of sp³-hybridized carbons (Fsp3) is 0.391. The highest BCUT2D eigenvalue weighted by atomic mass is 19.3. The van der Waals surface area contributed by atoms with Gasteiger partial charge in [0, 0.05) is 45.3 Å². The van der Waals surface area contributed by atoms with Crippen molar-refractivity contribution in [3.8, 4) is 5.75 Å². The van der Waals surface area contributed by atoms with Gasteiger partial charge in [0.25, 0.3) is 11.5 Å². The summed E-state index contributed by atoms with van der Waals surface area (Å²) in [4.78, 5) is 38.6. The van der Waals surface area contributed by atoms with Crippen LogP contribution in [-0.2, 0) is 6.54 Å². The number of halogens is 3. The minimum absolute atomic E-state index is 0.0213. The van der Waals surface area contributed by atoms with E-state index in [0.29, 0.717) is 31.9 Å². The highest BCUT2D eigenvalue weighted by molar-refractivity contribution is 5.92. The van der Waals surface area contributed by atoms with Crippen molar-refractivity contribution in [1.29, 1.82) is 0 Å². The molecule has 1 amide bonds. The maximum Gasteiger partial charge on any atom is 0.387 e. The van der Waals surface area contributed by atoms with Gasteiger partial charge in [-0.25, -0.2) is 14.4 Å². The molecule has 2 aromatic heterocycles. The van der Waals surface area contributed by atoms with Crippen molar-refractivity contribution < 1.29 is 22.7 Å². The van der Waals surface area contributed by atoms with E-state index in [4.69, 9.17) is 0 Å². The molecule has 1 saturated heterocycles. The number of benzene rings is 1. The van der Waals surface area contributed by atoms with E-state index in [-0.39, 0.29) is 40.5 Å². The largest absolute Gasteiger partial charge is 0.432 e. The van der Waals surface area contributed by atoms with Gasteiger partial charge in [-0.1, -0.05) is 0 Å². The minimum Gasteiger partial charge on any atom is -0.432 e. The van der Waals surface area contributed by atoms with Gasteiger partial charge < -0.3 is 19.9 Å². The summed E-state index contributed by atoms with van der Waals surface area (Å²) >= 11 is 0. The van der Waals surface area contributed by atoms with Gasteiger partial charge in [0.05, 0.1) is 11.4 Å². The number of alkyl halides is 2. The first-order valence-corrected chi connectivity index (χ1v) is 11.0. The van der Waals surface area contributed by atoms with Gasteiger partial charge in [0.1, 0.15) is 22.4 Å². The van der Waals surface area contributed by atoms with Crippen molar-refractivity contribution in [2.75, 3.05) is 38.1 Å². The molecule has 12 heteroatoms. The Morgan fingerprint density at radius 3 is 2.51 bits per heavy atom. The van der Waals surface area contributed by atoms with Crippen LogP contribution in [0, 0.1) is 19.7 Å². The fourth-order valence-corrected chi connectivity index (χ4v) is 4.16. The standard InChI is InChI=1S/C23H25F3N6O3/c1-12-16(5-4-15(28-12)22(34)27-3)32-8-6-31(7-9-32)11-14-10-17(35-23(25)26)19-20(18(14)24)30-21(33)13(2)29-19/h4-5,10,23H,6-9,11H2,1-3H3,(H,27,34)(H,30,33). The maximum atomic E-state index is 15.2. The third kappa shape index (κ3) is 5.06. The summed E-state index contributed by atoms with van der Waals surface area (Å²) in [5, 5.41) is 2.55. The fourth-order valence-electron chi connectivity index (χ4n) is 4.16. The number of piperazine rings is 1. The lowest BCUT2D eigenvalue weighted by atomic mass is 10.1. The monoisotopic (exact) mass is 490 g/mol. The van der Waals surface area contributed by atoms with Crippen LogP contribution in [0.3, 0.4) is 0 Å². The summed E-state index contributed by atoms with van der Waals surface area (Å²) in [7, 11) is 1.54. The highest BCUT2D eigenvalue weighted by Crippen LogP contribution is 2.30. The molecule has 186 valence electrons. The number of hydrogen-bond donors (Lipinski definition) is 2. The summed E-state index contributed by atoms with van der Waals surface area (Å²) < 4.78 is 45.8. The number of aromatic nitrogens is 3. The molecule has 0 unspecified atom stereocenters. The zero-order chi connectivity index (χ0) is 25.3. The van der Waals surface area contributed by atoms with E-state index in [2.05, 4.69) is 29.9 Å². The molecule has 9 nitrogen and oxygen atoms in total. The van der Waals surface area contributed by atoms with Crippen LogP contribution < -0.4 is 20.5 Å². The Morgan fingerprint density at radius 1 is 1.17 bits per heavy atom. The molecule has 0 radical (unpaired) electrons.